The first-order valence-corrected chi connectivity index (χ1v) is 11.3. The average molecular weight is 435 g/mol. The van der Waals surface area contributed by atoms with Crippen molar-refractivity contribution in [1.29, 1.82) is 0 Å². The molecule has 0 spiro atoms. The Balaban J connectivity index is 1.47. The highest BCUT2D eigenvalue weighted by Crippen LogP contribution is 2.28. The molecule has 3 aromatic rings. The summed E-state index contributed by atoms with van der Waals surface area (Å²) in [6.07, 6.45) is 6.84. The van der Waals surface area contributed by atoms with Gasteiger partial charge in [0, 0.05) is 42.3 Å². The van der Waals surface area contributed by atoms with Crippen LogP contribution in [0.2, 0.25) is 5.02 Å². The maximum Gasteiger partial charge on any atom is 0.225 e. The highest BCUT2D eigenvalue weighted by atomic mass is 35.5. The molecule has 0 bridgehead atoms. The first-order valence-electron chi connectivity index (χ1n) is 10.9. The normalized spacial score (nSPS) is 13.8. The predicted molar refractivity (Wildman–Crippen MR) is 123 cm³/mol. The molecule has 4 nitrogen and oxygen atoms in total. The molecule has 1 fully saturated rings. The van der Waals surface area contributed by atoms with Gasteiger partial charge in [0.2, 0.25) is 5.91 Å². The van der Waals surface area contributed by atoms with Gasteiger partial charge in [-0.2, -0.15) is 0 Å². The van der Waals surface area contributed by atoms with Crippen LogP contribution in [0.3, 0.4) is 0 Å². The van der Waals surface area contributed by atoms with Crippen molar-refractivity contribution in [1.82, 2.24) is 9.88 Å². The van der Waals surface area contributed by atoms with Crippen LogP contribution in [-0.2, 0) is 17.8 Å². The standard InChI is InChI=1S/C26H27ClN2O2/c27-22-11-13-24(14-12-22)31-25-10-5-6-20(18-25)19-29(26(30)21-7-1-2-8-21)17-15-23-9-3-4-16-28-23/h3-6,9-14,16,18,21H,1-2,7-8,15,17,19H2. The first-order chi connectivity index (χ1) is 15.2. The molecule has 1 amide bonds. The monoisotopic (exact) mass is 434 g/mol. The highest BCUT2D eigenvalue weighted by molar-refractivity contribution is 6.30. The van der Waals surface area contributed by atoms with Crippen LogP contribution in [-0.4, -0.2) is 22.3 Å². The van der Waals surface area contributed by atoms with Gasteiger partial charge in [0.05, 0.1) is 0 Å². The van der Waals surface area contributed by atoms with Crippen LogP contribution in [0.4, 0.5) is 0 Å². The van der Waals surface area contributed by atoms with E-state index in [2.05, 4.69) is 4.98 Å². The van der Waals surface area contributed by atoms with E-state index in [0.717, 1.165) is 54.9 Å². The topological polar surface area (TPSA) is 42.4 Å². The van der Waals surface area contributed by atoms with Gasteiger partial charge in [0.1, 0.15) is 11.5 Å². The molecule has 0 radical (unpaired) electrons. The largest absolute Gasteiger partial charge is 0.457 e. The molecular formula is C26H27ClN2O2. The van der Waals surface area contributed by atoms with Crippen LogP contribution in [0.1, 0.15) is 36.9 Å². The van der Waals surface area contributed by atoms with Crippen LogP contribution < -0.4 is 4.74 Å². The van der Waals surface area contributed by atoms with Crippen molar-refractivity contribution in [2.45, 2.75) is 38.6 Å². The molecule has 0 N–H and O–H groups in total. The van der Waals surface area contributed by atoms with Gasteiger partial charge in [-0.15, -0.1) is 0 Å². The van der Waals surface area contributed by atoms with Gasteiger partial charge < -0.3 is 9.64 Å². The van der Waals surface area contributed by atoms with Gasteiger partial charge in [0.25, 0.3) is 0 Å². The predicted octanol–water partition coefficient (Wildman–Crippen LogP) is 6.29. The number of benzene rings is 2. The Labute approximate surface area is 188 Å². The van der Waals surface area contributed by atoms with E-state index < -0.39 is 0 Å². The molecule has 1 heterocycles. The third-order valence-corrected chi connectivity index (χ3v) is 5.95. The lowest BCUT2D eigenvalue weighted by Crippen LogP contribution is -2.36. The Kier molecular flexibility index (Phi) is 7.21. The fourth-order valence-corrected chi connectivity index (χ4v) is 4.19. The van der Waals surface area contributed by atoms with Crippen molar-refractivity contribution in [3.63, 3.8) is 0 Å². The number of hydrogen-bond donors (Lipinski definition) is 0. The number of rotatable bonds is 8. The summed E-state index contributed by atoms with van der Waals surface area (Å²) in [7, 11) is 0. The van der Waals surface area contributed by atoms with Gasteiger partial charge in [-0.05, 0) is 66.9 Å². The van der Waals surface area contributed by atoms with E-state index in [9.17, 15) is 4.79 Å². The van der Waals surface area contributed by atoms with Crippen LogP contribution in [0.25, 0.3) is 0 Å². The fraction of sp³-hybridized carbons (Fsp3) is 0.308. The summed E-state index contributed by atoms with van der Waals surface area (Å²) in [6, 6.07) is 21.2. The van der Waals surface area contributed by atoms with Gasteiger partial charge in [0.15, 0.2) is 0 Å². The number of carbonyl (C=O) groups excluding carboxylic acids is 1. The molecule has 0 atom stereocenters. The molecule has 1 aliphatic rings. The van der Waals surface area contributed by atoms with E-state index in [1.807, 2.05) is 59.5 Å². The summed E-state index contributed by atoms with van der Waals surface area (Å²) in [4.78, 5) is 19.6. The molecule has 0 unspecified atom stereocenters. The second-order valence-electron chi connectivity index (χ2n) is 8.02. The highest BCUT2D eigenvalue weighted by Gasteiger charge is 2.27. The molecule has 1 aromatic heterocycles. The van der Waals surface area contributed by atoms with Crippen LogP contribution >= 0.6 is 11.6 Å². The number of ether oxygens (including phenoxy) is 1. The molecule has 0 aliphatic heterocycles. The zero-order chi connectivity index (χ0) is 21.5. The minimum atomic E-state index is 0.150. The number of amides is 1. The number of pyridine rings is 1. The van der Waals surface area contributed by atoms with Crippen molar-refractivity contribution in [3.05, 3.63) is 89.2 Å². The Morgan fingerprint density at radius 3 is 2.55 bits per heavy atom. The third-order valence-electron chi connectivity index (χ3n) is 5.70. The van der Waals surface area contributed by atoms with Crippen LogP contribution in [0, 0.1) is 5.92 Å². The molecule has 5 heteroatoms. The molecule has 1 aliphatic carbocycles. The number of hydrogen-bond acceptors (Lipinski definition) is 3. The van der Waals surface area contributed by atoms with Crippen LogP contribution in [0.15, 0.2) is 72.9 Å². The molecule has 1 saturated carbocycles. The van der Waals surface area contributed by atoms with E-state index >= 15 is 0 Å². The number of aromatic nitrogens is 1. The molecular weight excluding hydrogens is 408 g/mol. The Morgan fingerprint density at radius 1 is 1.00 bits per heavy atom. The van der Waals surface area contributed by atoms with Crippen molar-refractivity contribution in [2.75, 3.05) is 6.54 Å². The average Bonchev–Trinajstić information content (AvgIpc) is 3.34. The summed E-state index contributed by atoms with van der Waals surface area (Å²) >= 11 is 5.96. The van der Waals surface area contributed by atoms with E-state index in [4.69, 9.17) is 16.3 Å². The quantitative estimate of drug-likeness (QED) is 0.418. The molecule has 160 valence electrons. The van der Waals surface area contributed by atoms with E-state index in [1.54, 1.807) is 18.3 Å². The second kappa shape index (κ2) is 10.5. The summed E-state index contributed by atoms with van der Waals surface area (Å²) in [5.41, 5.74) is 2.06. The molecule has 0 saturated heterocycles. The Morgan fingerprint density at radius 2 is 1.81 bits per heavy atom. The summed E-state index contributed by atoms with van der Waals surface area (Å²) in [5.74, 6) is 1.89. The maximum atomic E-state index is 13.2. The van der Waals surface area contributed by atoms with Crippen molar-refractivity contribution in [3.8, 4) is 11.5 Å². The number of halogens is 1. The van der Waals surface area contributed by atoms with Crippen molar-refractivity contribution < 1.29 is 9.53 Å². The van der Waals surface area contributed by atoms with Crippen LogP contribution in [0.5, 0.6) is 11.5 Å². The zero-order valence-corrected chi connectivity index (χ0v) is 18.3. The first kappa shape index (κ1) is 21.4. The van der Waals surface area contributed by atoms with E-state index in [0.29, 0.717) is 18.1 Å². The van der Waals surface area contributed by atoms with Gasteiger partial charge in [-0.25, -0.2) is 0 Å². The molecule has 31 heavy (non-hydrogen) atoms. The van der Waals surface area contributed by atoms with E-state index in [-0.39, 0.29) is 11.8 Å². The summed E-state index contributed by atoms with van der Waals surface area (Å²) in [6.45, 7) is 1.23. The van der Waals surface area contributed by atoms with Crippen molar-refractivity contribution >= 4 is 17.5 Å². The lowest BCUT2D eigenvalue weighted by atomic mass is 10.1. The van der Waals surface area contributed by atoms with Gasteiger partial charge >= 0.3 is 0 Å². The maximum absolute atomic E-state index is 13.2. The lowest BCUT2D eigenvalue weighted by Gasteiger charge is -2.26. The summed E-state index contributed by atoms with van der Waals surface area (Å²) < 4.78 is 5.97. The summed E-state index contributed by atoms with van der Waals surface area (Å²) in [5, 5.41) is 0.676. The number of nitrogens with zero attached hydrogens (tertiary/aromatic N) is 2. The zero-order valence-electron chi connectivity index (χ0n) is 17.5. The SMILES string of the molecule is O=C(C1CCCC1)N(CCc1ccccn1)Cc1cccc(Oc2ccc(Cl)cc2)c1. The lowest BCUT2D eigenvalue weighted by molar-refractivity contribution is -0.136. The Hall–Kier alpha value is -2.85. The molecule has 4 rings (SSSR count). The van der Waals surface area contributed by atoms with Gasteiger partial charge in [-0.3, -0.25) is 9.78 Å². The minimum absolute atomic E-state index is 0.150. The van der Waals surface area contributed by atoms with Crippen molar-refractivity contribution in [2.24, 2.45) is 5.92 Å². The third kappa shape index (κ3) is 6.08. The fourth-order valence-electron chi connectivity index (χ4n) is 4.06. The Bertz CT molecular complexity index is 986. The number of carbonyl (C=O) groups is 1. The van der Waals surface area contributed by atoms with Gasteiger partial charge in [-0.1, -0.05) is 42.6 Å². The van der Waals surface area contributed by atoms with E-state index in [1.165, 1.54) is 0 Å². The smallest absolute Gasteiger partial charge is 0.225 e. The molecule has 2 aromatic carbocycles. The second-order valence-corrected chi connectivity index (χ2v) is 8.45. The minimum Gasteiger partial charge on any atom is -0.457 e.